The van der Waals surface area contributed by atoms with E-state index in [9.17, 15) is 4.79 Å². The van der Waals surface area contributed by atoms with E-state index >= 15 is 0 Å². The molecule has 0 aromatic carbocycles. The van der Waals surface area contributed by atoms with E-state index in [-0.39, 0.29) is 11.9 Å². The molecule has 0 fully saturated rings. The zero-order valence-electron chi connectivity index (χ0n) is 12.8. The van der Waals surface area contributed by atoms with Crippen LogP contribution >= 0.6 is 0 Å². The van der Waals surface area contributed by atoms with Gasteiger partial charge in [0.25, 0.3) is 0 Å². The highest BCUT2D eigenvalue weighted by atomic mass is 16.6. The van der Waals surface area contributed by atoms with Crippen molar-refractivity contribution in [2.45, 2.75) is 52.9 Å². The predicted octanol–water partition coefficient (Wildman–Crippen LogP) is 3.19. The third-order valence-electron chi connectivity index (χ3n) is 2.92. The van der Waals surface area contributed by atoms with E-state index in [0.717, 1.165) is 38.7 Å². The lowest BCUT2D eigenvalue weighted by molar-refractivity contribution is -0.150. The molecule has 0 amide bonds. The SMILES string of the molecule is CCCCC(CC)C(=O)OCCOCCOCCC. The number of esters is 1. The molecule has 0 heterocycles. The minimum absolute atomic E-state index is 0.0489. The molecule has 4 nitrogen and oxygen atoms in total. The Morgan fingerprint density at radius 3 is 2.11 bits per heavy atom. The molecule has 0 N–H and O–H groups in total. The maximum absolute atomic E-state index is 11.8. The molecule has 0 aliphatic rings. The first-order chi connectivity index (χ1) is 9.26. The number of ether oxygens (including phenoxy) is 3. The Kier molecular flexibility index (Phi) is 13.4. The Morgan fingerprint density at radius 1 is 0.895 bits per heavy atom. The molecule has 114 valence electrons. The van der Waals surface area contributed by atoms with Gasteiger partial charge >= 0.3 is 5.97 Å². The van der Waals surface area contributed by atoms with Crippen LogP contribution in [0.3, 0.4) is 0 Å². The van der Waals surface area contributed by atoms with Crippen LogP contribution in [-0.2, 0) is 19.0 Å². The van der Waals surface area contributed by atoms with E-state index in [2.05, 4.69) is 13.8 Å². The highest BCUT2D eigenvalue weighted by Gasteiger charge is 2.16. The van der Waals surface area contributed by atoms with Crippen molar-refractivity contribution in [2.24, 2.45) is 5.92 Å². The second-order valence-corrected chi connectivity index (χ2v) is 4.64. The molecule has 0 aliphatic carbocycles. The molecular weight excluding hydrogens is 244 g/mol. The lowest BCUT2D eigenvalue weighted by atomic mass is 10.00. The second-order valence-electron chi connectivity index (χ2n) is 4.64. The lowest BCUT2D eigenvalue weighted by Gasteiger charge is -2.13. The highest BCUT2D eigenvalue weighted by Crippen LogP contribution is 2.14. The minimum atomic E-state index is -0.0817. The van der Waals surface area contributed by atoms with Gasteiger partial charge in [-0.25, -0.2) is 0 Å². The van der Waals surface area contributed by atoms with Gasteiger partial charge in [0.2, 0.25) is 0 Å². The van der Waals surface area contributed by atoms with Crippen molar-refractivity contribution >= 4 is 5.97 Å². The van der Waals surface area contributed by atoms with Gasteiger partial charge in [0.05, 0.1) is 25.7 Å². The van der Waals surface area contributed by atoms with E-state index in [1.807, 2.05) is 6.92 Å². The quantitative estimate of drug-likeness (QED) is 0.382. The van der Waals surface area contributed by atoms with Crippen LogP contribution in [-0.4, -0.2) is 39.0 Å². The molecule has 19 heavy (non-hydrogen) atoms. The summed E-state index contributed by atoms with van der Waals surface area (Å²) in [5.41, 5.74) is 0. The average molecular weight is 274 g/mol. The summed E-state index contributed by atoms with van der Waals surface area (Å²) >= 11 is 0. The molecule has 0 bridgehead atoms. The fourth-order valence-corrected chi connectivity index (χ4v) is 1.72. The van der Waals surface area contributed by atoms with E-state index in [1.54, 1.807) is 0 Å². The number of carbonyl (C=O) groups excluding carboxylic acids is 1. The summed E-state index contributed by atoms with van der Waals surface area (Å²) in [5.74, 6) is -0.0328. The first-order valence-electron chi connectivity index (χ1n) is 7.58. The number of hydrogen-bond donors (Lipinski definition) is 0. The molecule has 0 aliphatic heterocycles. The Morgan fingerprint density at radius 2 is 1.53 bits per heavy atom. The van der Waals surface area contributed by atoms with Gasteiger partial charge in [-0.3, -0.25) is 4.79 Å². The fourth-order valence-electron chi connectivity index (χ4n) is 1.72. The first kappa shape index (κ1) is 18.4. The molecule has 0 radical (unpaired) electrons. The van der Waals surface area contributed by atoms with E-state index in [0.29, 0.717) is 26.4 Å². The summed E-state index contributed by atoms with van der Waals surface area (Å²) in [6.45, 7) is 8.97. The third kappa shape index (κ3) is 11.0. The fraction of sp³-hybridized carbons (Fsp3) is 0.933. The van der Waals surface area contributed by atoms with E-state index in [4.69, 9.17) is 14.2 Å². The monoisotopic (exact) mass is 274 g/mol. The smallest absolute Gasteiger partial charge is 0.308 e. The molecule has 1 atom stereocenters. The summed E-state index contributed by atoms with van der Waals surface area (Å²) in [4.78, 5) is 11.8. The summed E-state index contributed by atoms with van der Waals surface area (Å²) in [6.07, 6.45) is 5.00. The van der Waals surface area contributed by atoms with Gasteiger partial charge in [0.1, 0.15) is 6.61 Å². The van der Waals surface area contributed by atoms with Gasteiger partial charge in [-0.2, -0.15) is 0 Å². The Labute approximate surface area is 117 Å². The van der Waals surface area contributed by atoms with Crippen LogP contribution in [0.1, 0.15) is 52.9 Å². The van der Waals surface area contributed by atoms with Gasteiger partial charge < -0.3 is 14.2 Å². The van der Waals surface area contributed by atoms with E-state index in [1.165, 1.54) is 0 Å². The zero-order chi connectivity index (χ0) is 14.3. The third-order valence-corrected chi connectivity index (χ3v) is 2.92. The zero-order valence-corrected chi connectivity index (χ0v) is 12.8. The van der Waals surface area contributed by atoms with Crippen molar-refractivity contribution in [1.29, 1.82) is 0 Å². The molecule has 4 heteroatoms. The van der Waals surface area contributed by atoms with Crippen molar-refractivity contribution in [1.82, 2.24) is 0 Å². The van der Waals surface area contributed by atoms with Crippen molar-refractivity contribution in [3.05, 3.63) is 0 Å². The largest absolute Gasteiger partial charge is 0.463 e. The van der Waals surface area contributed by atoms with Crippen LogP contribution < -0.4 is 0 Å². The van der Waals surface area contributed by atoms with Gasteiger partial charge in [0, 0.05) is 6.61 Å². The topological polar surface area (TPSA) is 44.8 Å². The van der Waals surface area contributed by atoms with Crippen molar-refractivity contribution in [2.75, 3.05) is 33.0 Å². The van der Waals surface area contributed by atoms with Gasteiger partial charge in [-0.05, 0) is 19.3 Å². The molecule has 0 aromatic rings. The van der Waals surface area contributed by atoms with Gasteiger partial charge in [-0.15, -0.1) is 0 Å². The van der Waals surface area contributed by atoms with Crippen molar-refractivity contribution < 1.29 is 19.0 Å². The number of unbranched alkanes of at least 4 members (excludes halogenated alkanes) is 1. The molecule has 0 saturated heterocycles. The van der Waals surface area contributed by atoms with Crippen LogP contribution in [0.15, 0.2) is 0 Å². The standard InChI is InChI=1S/C15H30O4/c1-4-7-8-14(6-3)15(16)19-13-12-18-11-10-17-9-5-2/h14H,4-13H2,1-3H3. The van der Waals surface area contributed by atoms with Crippen LogP contribution in [0.2, 0.25) is 0 Å². The van der Waals surface area contributed by atoms with Gasteiger partial charge in [-0.1, -0.05) is 33.6 Å². The van der Waals surface area contributed by atoms with E-state index < -0.39 is 0 Å². The Hall–Kier alpha value is -0.610. The first-order valence-corrected chi connectivity index (χ1v) is 7.58. The van der Waals surface area contributed by atoms with Crippen molar-refractivity contribution in [3.63, 3.8) is 0 Å². The maximum Gasteiger partial charge on any atom is 0.308 e. The Bertz CT molecular complexity index is 206. The summed E-state index contributed by atoms with van der Waals surface area (Å²) in [5, 5.41) is 0. The molecule has 0 aromatic heterocycles. The van der Waals surface area contributed by atoms with Crippen molar-refractivity contribution in [3.8, 4) is 0 Å². The number of hydrogen-bond acceptors (Lipinski definition) is 4. The predicted molar refractivity (Wildman–Crippen MR) is 76.2 cm³/mol. The molecule has 0 spiro atoms. The normalized spacial score (nSPS) is 12.4. The number of carbonyl (C=O) groups is 1. The van der Waals surface area contributed by atoms with Crippen LogP contribution in [0.4, 0.5) is 0 Å². The molecular formula is C15H30O4. The van der Waals surface area contributed by atoms with Crippen LogP contribution in [0.25, 0.3) is 0 Å². The maximum atomic E-state index is 11.8. The van der Waals surface area contributed by atoms with Crippen LogP contribution in [0, 0.1) is 5.92 Å². The second kappa shape index (κ2) is 13.8. The lowest BCUT2D eigenvalue weighted by Crippen LogP contribution is -2.20. The van der Waals surface area contributed by atoms with Crippen LogP contribution in [0.5, 0.6) is 0 Å². The summed E-state index contributed by atoms with van der Waals surface area (Å²) in [6, 6.07) is 0. The molecule has 1 unspecified atom stereocenters. The summed E-state index contributed by atoms with van der Waals surface area (Å²) < 4.78 is 15.8. The molecule has 0 rings (SSSR count). The minimum Gasteiger partial charge on any atom is -0.463 e. The average Bonchev–Trinajstić information content (AvgIpc) is 2.42. The highest BCUT2D eigenvalue weighted by molar-refractivity contribution is 5.72. The Balaban J connectivity index is 3.45. The molecule has 0 saturated carbocycles. The van der Waals surface area contributed by atoms with Gasteiger partial charge in [0.15, 0.2) is 0 Å². The summed E-state index contributed by atoms with van der Waals surface area (Å²) in [7, 11) is 0. The number of rotatable bonds is 13.